The Morgan fingerprint density at radius 1 is 1.15 bits per heavy atom. The zero-order chi connectivity index (χ0) is 14.7. The van der Waals surface area contributed by atoms with Gasteiger partial charge in [-0.25, -0.2) is 4.79 Å². The Labute approximate surface area is 119 Å². The van der Waals surface area contributed by atoms with E-state index < -0.39 is 11.6 Å². The molecule has 2 saturated heterocycles. The van der Waals surface area contributed by atoms with Crippen molar-refractivity contribution >= 4 is 12.1 Å². The molecule has 3 fully saturated rings. The first-order valence-corrected chi connectivity index (χ1v) is 7.46. The maximum absolute atomic E-state index is 12.3. The summed E-state index contributed by atoms with van der Waals surface area (Å²) in [6.07, 6.45) is 4.19. The first-order valence-electron chi connectivity index (χ1n) is 7.46. The van der Waals surface area contributed by atoms with Gasteiger partial charge in [0.25, 0.3) is 0 Å². The molecule has 0 unspecified atom stereocenters. The number of carbonyl (C=O) groups is 2. The van der Waals surface area contributed by atoms with E-state index in [9.17, 15) is 14.7 Å². The Balaban J connectivity index is 1.70. The highest BCUT2D eigenvalue weighted by molar-refractivity contribution is 5.75. The molecule has 1 amide bonds. The van der Waals surface area contributed by atoms with Crippen molar-refractivity contribution in [3.8, 4) is 0 Å². The topological polar surface area (TPSA) is 66.8 Å². The second kappa shape index (κ2) is 4.12. The van der Waals surface area contributed by atoms with Gasteiger partial charge in [0.1, 0.15) is 5.60 Å². The van der Waals surface area contributed by atoms with Crippen molar-refractivity contribution in [2.45, 2.75) is 70.6 Å². The number of fused-ring (bicyclic) bond motifs is 2. The average Bonchev–Trinajstić information content (AvgIpc) is 2.89. The van der Waals surface area contributed by atoms with Crippen LogP contribution in [0.15, 0.2) is 0 Å². The summed E-state index contributed by atoms with van der Waals surface area (Å²) in [6, 6.07) is 0.348. The highest BCUT2D eigenvalue weighted by Crippen LogP contribution is 2.64. The molecule has 5 heteroatoms. The fourth-order valence-corrected chi connectivity index (χ4v) is 4.14. The zero-order valence-corrected chi connectivity index (χ0v) is 12.4. The Hall–Kier alpha value is -1.26. The number of carboxylic acids is 1. The van der Waals surface area contributed by atoms with Crippen molar-refractivity contribution < 1.29 is 19.4 Å². The molecule has 1 N–H and O–H groups in total. The van der Waals surface area contributed by atoms with E-state index in [1.165, 1.54) is 0 Å². The van der Waals surface area contributed by atoms with Crippen LogP contribution in [0.2, 0.25) is 0 Å². The minimum absolute atomic E-state index is 0.0316. The largest absolute Gasteiger partial charge is 0.481 e. The maximum atomic E-state index is 12.3. The van der Waals surface area contributed by atoms with Crippen LogP contribution in [0.25, 0.3) is 0 Å². The molecular weight excluding hydrogens is 258 g/mol. The van der Waals surface area contributed by atoms with Crippen molar-refractivity contribution in [2.75, 3.05) is 0 Å². The molecule has 0 aromatic rings. The van der Waals surface area contributed by atoms with Crippen molar-refractivity contribution in [1.82, 2.24) is 4.90 Å². The van der Waals surface area contributed by atoms with Crippen LogP contribution in [-0.2, 0) is 9.53 Å². The first-order chi connectivity index (χ1) is 9.22. The molecule has 0 radical (unpaired) electrons. The molecule has 20 heavy (non-hydrogen) atoms. The van der Waals surface area contributed by atoms with Crippen molar-refractivity contribution in [3.63, 3.8) is 0 Å². The van der Waals surface area contributed by atoms with E-state index >= 15 is 0 Å². The lowest BCUT2D eigenvalue weighted by atomic mass is 9.85. The number of carboxylic acid groups (broad SMARTS) is 1. The van der Waals surface area contributed by atoms with Crippen LogP contribution in [0.1, 0.15) is 52.9 Å². The highest BCUT2D eigenvalue weighted by Gasteiger charge is 2.64. The maximum Gasteiger partial charge on any atom is 0.410 e. The van der Waals surface area contributed by atoms with Gasteiger partial charge < -0.3 is 14.7 Å². The molecule has 3 aliphatic rings. The predicted molar refractivity (Wildman–Crippen MR) is 72.3 cm³/mol. The van der Waals surface area contributed by atoms with E-state index in [0.29, 0.717) is 0 Å². The summed E-state index contributed by atoms with van der Waals surface area (Å²) in [5.74, 6) is -0.860. The van der Waals surface area contributed by atoms with E-state index in [0.717, 1.165) is 32.1 Å². The minimum atomic E-state index is -0.671. The molecule has 3 rings (SSSR count). The molecule has 112 valence electrons. The number of rotatable bonds is 1. The van der Waals surface area contributed by atoms with Crippen molar-refractivity contribution in [1.29, 1.82) is 0 Å². The number of hydrogen-bond acceptors (Lipinski definition) is 3. The lowest BCUT2D eigenvalue weighted by Gasteiger charge is -2.40. The summed E-state index contributed by atoms with van der Waals surface area (Å²) in [5, 5.41) is 9.19. The van der Waals surface area contributed by atoms with E-state index in [2.05, 4.69) is 0 Å². The van der Waals surface area contributed by atoms with Crippen molar-refractivity contribution in [2.24, 2.45) is 11.3 Å². The number of piperidine rings is 1. The molecule has 1 saturated carbocycles. The SMILES string of the molecule is CC(C)(C)OC(=O)N1[C@H]2CC[C@H]1CC1(C2)C[C@@H]1C(=O)O. The van der Waals surface area contributed by atoms with E-state index in [4.69, 9.17) is 4.74 Å². The third-order valence-electron chi connectivity index (χ3n) is 5.00. The fourth-order valence-electron chi connectivity index (χ4n) is 4.14. The number of aliphatic carboxylic acids is 1. The molecule has 1 spiro atoms. The third-order valence-corrected chi connectivity index (χ3v) is 5.00. The summed E-state index contributed by atoms with van der Waals surface area (Å²) in [4.78, 5) is 25.4. The molecular formula is C15H23NO4. The molecule has 5 nitrogen and oxygen atoms in total. The van der Waals surface area contributed by atoms with Gasteiger partial charge >= 0.3 is 12.1 Å². The second-order valence-electron chi connectivity index (χ2n) is 7.64. The van der Waals surface area contributed by atoms with Gasteiger partial charge in [-0.1, -0.05) is 0 Å². The molecule has 2 aliphatic heterocycles. The van der Waals surface area contributed by atoms with Gasteiger partial charge in [0.15, 0.2) is 0 Å². The van der Waals surface area contributed by atoms with Gasteiger partial charge in [0, 0.05) is 12.1 Å². The van der Waals surface area contributed by atoms with E-state index in [1.807, 2.05) is 25.7 Å². The Bertz CT molecular complexity index is 439. The molecule has 0 aromatic carbocycles. The van der Waals surface area contributed by atoms with Crippen LogP contribution in [0.3, 0.4) is 0 Å². The predicted octanol–water partition coefficient (Wildman–Crippen LogP) is 2.64. The number of amides is 1. The minimum Gasteiger partial charge on any atom is -0.481 e. The van der Waals surface area contributed by atoms with Crippen LogP contribution in [0, 0.1) is 11.3 Å². The van der Waals surface area contributed by atoms with E-state index in [1.54, 1.807) is 0 Å². The Morgan fingerprint density at radius 2 is 1.70 bits per heavy atom. The van der Waals surface area contributed by atoms with E-state index in [-0.39, 0.29) is 29.5 Å². The van der Waals surface area contributed by atoms with Gasteiger partial charge in [-0.2, -0.15) is 0 Å². The Morgan fingerprint density at radius 3 is 2.10 bits per heavy atom. The molecule has 2 heterocycles. The number of carbonyl (C=O) groups excluding carboxylic acids is 1. The summed E-state index contributed by atoms with van der Waals surface area (Å²) >= 11 is 0. The average molecular weight is 281 g/mol. The van der Waals surface area contributed by atoms with Gasteiger partial charge in [-0.3, -0.25) is 4.79 Å². The summed E-state index contributed by atoms with van der Waals surface area (Å²) in [7, 11) is 0. The highest BCUT2D eigenvalue weighted by atomic mass is 16.6. The lowest BCUT2D eigenvalue weighted by Crippen LogP contribution is -2.49. The smallest absolute Gasteiger partial charge is 0.410 e. The lowest BCUT2D eigenvalue weighted by molar-refractivity contribution is -0.139. The van der Waals surface area contributed by atoms with Crippen LogP contribution >= 0.6 is 0 Å². The number of ether oxygens (including phenoxy) is 1. The van der Waals surface area contributed by atoms with Gasteiger partial charge in [0.05, 0.1) is 5.92 Å². The van der Waals surface area contributed by atoms with Crippen LogP contribution in [0.5, 0.6) is 0 Å². The summed E-state index contributed by atoms with van der Waals surface area (Å²) in [6.45, 7) is 5.62. The zero-order valence-electron chi connectivity index (χ0n) is 12.4. The number of hydrogen-bond donors (Lipinski definition) is 1. The standard InChI is InChI=1S/C15H23NO4/c1-14(2,3)20-13(19)16-9-4-5-10(16)7-15(6-9)8-11(15)12(17)18/h9-11H,4-8H2,1-3H3,(H,17,18)/t9-,10-,11+/m0/s1. The monoisotopic (exact) mass is 281 g/mol. The first kappa shape index (κ1) is 13.7. The molecule has 1 aliphatic carbocycles. The van der Waals surface area contributed by atoms with Crippen LogP contribution in [0.4, 0.5) is 4.79 Å². The number of nitrogens with zero attached hydrogens (tertiary/aromatic N) is 1. The third kappa shape index (κ3) is 2.17. The van der Waals surface area contributed by atoms with Crippen LogP contribution in [-0.4, -0.2) is 39.8 Å². The molecule has 2 bridgehead atoms. The summed E-state index contributed by atoms with van der Waals surface area (Å²) in [5.41, 5.74) is -0.509. The quantitative estimate of drug-likeness (QED) is 0.802. The van der Waals surface area contributed by atoms with Crippen molar-refractivity contribution in [3.05, 3.63) is 0 Å². The Kier molecular flexibility index (Phi) is 2.82. The van der Waals surface area contributed by atoms with Gasteiger partial charge in [-0.05, 0) is 58.3 Å². The van der Waals surface area contributed by atoms with Crippen LogP contribution < -0.4 is 0 Å². The summed E-state index contributed by atoms with van der Waals surface area (Å²) < 4.78 is 5.49. The molecule has 3 atom stereocenters. The normalized spacial score (nSPS) is 39.0. The molecule has 0 aromatic heterocycles. The second-order valence-corrected chi connectivity index (χ2v) is 7.64. The van der Waals surface area contributed by atoms with Gasteiger partial charge in [-0.15, -0.1) is 0 Å². The fraction of sp³-hybridized carbons (Fsp3) is 0.867. The van der Waals surface area contributed by atoms with Gasteiger partial charge in [0.2, 0.25) is 0 Å².